The number of carbonyl (C=O) groups excluding carboxylic acids is 1. The third-order valence-electron chi connectivity index (χ3n) is 7.17. The van der Waals surface area contributed by atoms with E-state index in [2.05, 4.69) is 67.8 Å². The fraction of sp³-hybridized carbons (Fsp3) is 0.694. The molecule has 248 valence electrons. The topological polar surface area (TPSA) is 104 Å². The smallest absolute Gasteiger partial charge is 0.267 e. The first-order chi connectivity index (χ1) is 20.8. The zero-order valence-corrected chi connectivity index (χ0v) is 28.1. The summed E-state index contributed by atoms with van der Waals surface area (Å²) < 4.78 is 32.2. The van der Waals surface area contributed by atoms with E-state index in [1.54, 1.807) is 6.08 Å². The highest BCUT2D eigenvalue weighted by molar-refractivity contribution is 7.85. The zero-order chi connectivity index (χ0) is 31.9. The molecule has 2 atom stereocenters. The molecule has 0 aliphatic heterocycles. The molecule has 1 amide bonds. The van der Waals surface area contributed by atoms with E-state index in [0.29, 0.717) is 12.8 Å². The van der Waals surface area contributed by atoms with Gasteiger partial charge < -0.3 is 10.4 Å². The van der Waals surface area contributed by atoms with Gasteiger partial charge in [0.05, 0.1) is 17.9 Å². The van der Waals surface area contributed by atoms with Gasteiger partial charge in [-0.05, 0) is 70.6 Å². The van der Waals surface area contributed by atoms with Crippen LogP contribution in [0, 0.1) is 0 Å². The molecule has 0 saturated carbocycles. The van der Waals surface area contributed by atoms with Crippen molar-refractivity contribution in [2.45, 2.75) is 154 Å². The molecule has 0 aliphatic carbocycles. The number of amides is 1. The lowest BCUT2D eigenvalue weighted by atomic mass is 10.1. The minimum absolute atomic E-state index is 0.270. The van der Waals surface area contributed by atoms with Crippen molar-refractivity contribution in [2.75, 3.05) is 5.75 Å². The van der Waals surface area contributed by atoms with Gasteiger partial charge >= 0.3 is 0 Å². The Kier molecular flexibility index (Phi) is 28.7. The van der Waals surface area contributed by atoms with Gasteiger partial charge in [0.1, 0.15) is 0 Å². The molecule has 3 N–H and O–H groups in total. The van der Waals surface area contributed by atoms with Crippen molar-refractivity contribution in [3.8, 4) is 0 Å². The van der Waals surface area contributed by atoms with Crippen LogP contribution >= 0.6 is 0 Å². The summed E-state index contributed by atoms with van der Waals surface area (Å²) in [6.07, 6.45) is 40.7. The molecule has 7 heteroatoms. The summed E-state index contributed by atoms with van der Waals surface area (Å²) in [6.45, 7) is 4.41. The molecule has 0 aromatic heterocycles. The van der Waals surface area contributed by atoms with Gasteiger partial charge in [-0.15, -0.1) is 0 Å². The van der Waals surface area contributed by atoms with Crippen LogP contribution < -0.4 is 5.32 Å². The average Bonchev–Trinajstić information content (AvgIpc) is 2.96. The molecule has 0 spiro atoms. The van der Waals surface area contributed by atoms with Gasteiger partial charge in [0.2, 0.25) is 5.91 Å². The zero-order valence-electron chi connectivity index (χ0n) is 27.3. The Morgan fingerprint density at radius 1 is 0.628 bits per heavy atom. The van der Waals surface area contributed by atoms with Crippen molar-refractivity contribution < 1.29 is 22.9 Å². The van der Waals surface area contributed by atoms with Crippen LogP contribution in [0.5, 0.6) is 0 Å². The van der Waals surface area contributed by atoms with Crippen molar-refractivity contribution in [1.29, 1.82) is 0 Å². The van der Waals surface area contributed by atoms with Crippen molar-refractivity contribution in [1.82, 2.24) is 5.32 Å². The summed E-state index contributed by atoms with van der Waals surface area (Å²) in [5.41, 5.74) is 0. The van der Waals surface area contributed by atoms with Crippen LogP contribution in [0.15, 0.2) is 60.8 Å². The lowest BCUT2D eigenvalue weighted by Crippen LogP contribution is -2.46. The van der Waals surface area contributed by atoms with Gasteiger partial charge in [-0.1, -0.05) is 126 Å². The number of aliphatic hydroxyl groups excluding tert-OH is 1. The summed E-state index contributed by atoms with van der Waals surface area (Å²) in [4.78, 5) is 12.4. The Labute approximate surface area is 264 Å². The van der Waals surface area contributed by atoms with Crippen molar-refractivity contribution in [3.63, 3.8) is 0 Å². The Morgan fingerprint density at radius 2 is 1.07 bits per heavy atom. The maximum Gasteiger partial charge on any atom is 0.267 e. The lowest BCUT2D eigenvalue weighted by Gasteiger charge is -2.21. The van der Waals surface area contributed by atoms with E-state index in [4.69, 9.17) is 0 Å². The lowest BCUT2D eigenvalue weighted by molar-refractivity contribution is -0.122. The van der Waals surface area contributed by atoms with Crippen molar-refractivity contribution in [3.05, 3.63) is 60.8 Å². The fourth-order valence-corrected chi connectivity index (χ4v) is 5.32. The number of nitrogens with one attached hydrogen (secondary N) is 1. The normalized spacial score (nSPS) is 14.2. The number of allylic oxidation sites excluding steroid dienone is 9. The average molecular weight is 622 g/mol. The number of carbonyl (C=O) groups is 1. The maximum atomic E-state index is 12.4. The van der Waals surface area contributed by atoms with Gasteiger partial charge in [-0.2, -0.15) is 8.42 Å². The second-order valence-electron chi connectivity index (χ2n) is 11.4. The molecule has 0 rings (SSSR count). The molecular formula is C36H63NO5S. The molecule has 0 radical (unpaired) electrons. The van der Waals surface area contributed by atoms with Gasteiger partial charge in [0, 0.05) is 6.42 Å². The van der Waals surface area contributed by atoms with E-state index < -0.39 is 28.0 Å². The second-order valence-corrected chi connectivity index (χ2v) is 12.9. The number of rotatable bonds is 29. The number of hydrogen-bond donors (Lipinski definition) is 3. The number of aliphatic hydroxyl groups is 1. The Hall–Kier alpha value is -1.96. The number of hydrogen-bond acceptors (Lipinski definition) is 4. The van der Waals surface area contributed by atoms with E-state index >= 15 is 0 Å². The highest BCUT2D eigenvalue weighted by Crippen LogP contribution is 2.10. The van der Waals surface area contributed by atoms with Gasteiger partial charge in [-0.25, -0.2) is 0 Å². The minimum Gasteiger partial charge on any atom is -0.387 e. The predicted octanol–water partition coefficient (Wildman–Crippen LogP) is 9.34. The maximum absolute atomic E-state index is 12.4. The first-order valence-corrected chi connectivity index (χ1v) is 18.6. The monoisotopic (exact) mass is 621 g/mol. The van der Waals surface area contributed by atoms with E-state index in [0.717, 1.165) is 51.4 Å². The first kappa shape index (κ1) is 41.0. The molecule has 0 bridgehead atoms. The van der Waals surface area contributed by atoms with Gasteiger partial charge in [0.25, 0.3) is 10.1 Å². The summed E-state index contributed by atoms with van der Waals surface area (Å²) in [5, 5.41) is 13.1. The van der Waals surface area contributed by atoms with Crippen LogP contribution in [0.25, 0.3) is 0 Å². The SMILES string of the molecule is CCCCC/C=C\C/C=C\C/C=C\CCCCCCCCC(=O)NC(CS(=O)(=O)O)C(O)/C=C/CC/C=C/CCCCC. The third kappa shape index (κ3) is 31.3. The predicted molar refractivity (Wildman–Crippen MR) is 184 cm³/mol. The first-order valence-electron chi connectivity index (χ1n) is 17.0. The van der Waals surface area contributed by atoms with Gasteiger partial charge in [0.15, 0.2) is 0 Å². The van der Waals surface area contributed by atoms with Crippen LogP contribution in [-0.2, 0) is 14.9 Å². The van der Waals surface area contributed by atoms with Crippen LogP contribution in [0.4, 0.5) is 0 Å². The van der Waals surface area contributed by atoms with Crippen LogP contribution in [0.3, 0.4) is 0 Å². The summed E-state index contributed by atoms with van der Waals surface area (Å²) in [7, 11) is -4.35. The number of unbranched alkanes of at least 4 members (excludes halogenated alkanes) is 13. The summed E-state index contributed by atoms with van der Waals surface area (Å²) in [6, 6.07) is -1.08. The van der Waals surface area contributed by atoms with E-state index in [9.17, 15) is 22.9 Å². The highest BCUT2D eigenvalue weighted by atomic mass is 32.2. The summed E-state index contributed by atoms with van der Waals surface area (Å²) >= 11 is 0. The van der Waals surface area contributed by atoms with Crippen LogP contribution in [-0.4, -0.2) is 41.9 Å². The summed E-state index contributed by atoms with van der Waals surface area (Å²) in [5.74, 6) is -1.03. The quantitative estimate of drug-likeness (QED) is 0.0439. The van der Waals surface area contributed by atoms with Crippen molar-refractivity contribution in [2.24, 2.45) is 0 Å². The molecule has 0 aliphatic rings. The van der Waals surface area contributed by atoms with Crippen LogP contribution in [0.2, 0.25) is 0 Å². The Bertz CT molecular complexity index is 905. The Morgan fingerprint density at radius 3 is 1.63 bits per heavy atom. The third-order valence-corrected chi connectivity index (χ3v) is 7.95. The standard InChI is InChI=1S/C36H63NO5S/c1-3-5-7-9-11-13-14-15-16-17-18-19-20-21-22-24-26-28-30-32-36(39)37-34(33-43(40,41)42)35(38)31-29-27-25-23-12-10-8-6-4-2/h11-13,15-16,18-19,23,29,31,34-35,38H,3-10,14,17,20-22,24-28,30,32-33H2,1-2H3,(H,37,39)(H,40,41,42)/b13-11-,16-15-,19-18-,23-12+,31-29+. The largest absolute Gasteiger partial charge is 0.387 e. The molecule has 0 saturated heterocycles. The van der Waals surface area contributed by atoms with E-state index in [-0.39, 0.29) is 12.3 Å². The minimum atomic E-state index is -4.35. The van der Waals surface area contributed by atoms with Gasteiger partial charge in [-0.3, -0.25) is 9.35 Å². The molecule has 6 nitrogen and oxygen atoms in total. The molecule has 0 heterocycles. The molecule has 0 aromatic carbocycles. The second kappa shape index (κ2) is 30.1. The van der Waals surface area contributed by atoms with Crippen LogP contribution in [0.1, 0.15) is 142 Å². The van der Waals surface area contributed by atoms with E-state index in [1.807, 2.05) is 0 Å². The fourth-order valence-electron chi connectivity index (χ4n) is 4.59. The molecular weight excluding hydrogens is 558 g/mol. The molecule has 0 aromatic rings. The molecule has 2 unspecified atom stereocenters. The molecule has 43 heavy (non-hydrogen) atoms. The highest BCUT2D eigenvalue weighted by Gasteiger charge is 2.24. The molecule has 0 fully saturated rings. The Balaban J connectivity index is 4.04. The van der Waals surface area contributed by atoms with E-state index in [1.165, 1.54) is 63.9 Å². The van der Waals surface area contributed by atoms with Crippen molar-refractivity contribution >= 4 is 16.0 Å².